The minimum Gasteiger partial charge on any atom is -0.611 e. The Kier molecular flexibility index (Phi) is 5.49. The number of carbonyl (C=O) groups excluding carboxylic acids is 1. The first-order valence-corrected chi connectivity index (χ1v) is 10.4. The maximum absolute atomic E-state index is 12.8. The zero-order valence-corrected chi connectivity index (χ0v) is 16.9. The van der Waals surface area contributed by atoms with E-state index in [1.165, 1.54) is 21.9 Å². The van der Waals surface area contributed by atoms with Crippen LogP contribution in [0.4, 0.5) is 4.79 Å². The summed E-state index contributed by atoms with van der Waals surface area (Å²) in [6, 6.07) is 10.4. The molecule has 0 saturated heterocycles. The van der Waals surface area contributed by atoms with Crippen molar-refractivity contribution in [2.45, 2.75) is 49.7 Å². The van der Waals surface area contributed by atoms with Crippen molar-refractivity contribution in [2.24, 2.45) is 0 Å². The van der Waals surface area contributed by atoms with Crippen molar-refractivity contribution < 1.29 is 9.35 Å². The second kappa shape index (κ2) is 7.49. The number of amides is 2. The summed E-state index contributed by atoms with van der Waals surface area (Å²) in [5.74, 6) is 0. The summed E-state index contributed by atoms with van der Waals surface area (Å²) in [6.07, 6.45) is 2.55. The summed E-state index contributed by atoms with van der Waals surface area (Å²) in [4.78, 5) is 14.8. The van der Waals surface area contributed by atoms with E-state index in [2.05, 4.69) is 43.4 Å². The van der Waals surface area contributed by atoms with Crippen LogP contribution in [0.5, 0.6) is 0 Å². The van der Waals surface area contributed by atoms with E-state index in [-0.39, 0.29) is 10.8 Å². The molecule has 0 aliphatic carbocycles. The monoisotopic (exact) mass is 372 g/mol. The lowest BCUT2D eigenvalue weighted by Crippen LogP contribution is -2.38. The number of benzene rings is 2. The molecule has 0 saturated carbocycles. The van der Waals surface area contributed by atoms with E-state index >= 15 is 0 Å². The van der Waals surface area contributed by atoms with E-state index in [4.69, 9.17) is 0 Å². The quantitative estimate of drug-likeness (QED) is 0.810. The van der Waals surface area contributed by atoms with Crippen LogP contribution in [0.1, 0.15) is 38.3 Å². The number of hydrogen-bond acceptors (Lipinski definition) is 2. The molecule has 0 fully saturated rings. The number of likely N-dealkylation sites (N-methyl/N-ethyl adjacent to an activating group) is 1. The molecular weight excluding hydrogens is 344 g/mol. The van der Waals surface area contributed by atoms with Gasteiger partial charge in [-0.2, -0.15) is 0 Å². The van der Waals surface area contributed by atoms with Gasteiger partial charge in [0.2, 0.25) is 0 Å². The molecule has 2 aromatic carbocycles. The van der Waals surface area contributed by atoms with E-state index < -0.39 is 11.2 Å². The molecular formula is C21H28N2O2S. The van der Waals surface area contributed by atoms with Crippen LogP contribution in [-0.4, -0.2) is 40.4 Å². The molecule has 140 valence electrons. The first-order chi connectivity index (χ1) is 12.3. The minimum atomic E-state index is -0.971. The predicted octanol–water partition coefficient (Wildman–Crippen LogP) is 3.88. The number of nitrogens with zero attached hydrogens (tertiary/aromatic N) is 1. The van der Waals surface area contributed by atoms with Crippen molar-refractivity contribution in [1.82, 2.24) is 10.2 Å². The zero-order valence-electron chi connectivity index (χ0n) is 16.1. The highest BCUT2D eigenvalue weighted by atomic mass is 32.2. The van der Waals surface area contributed by atoms with E-state index in [1.54, 1.807) is 4.90 Å². The average molecular weight is 373 g/mol. The Hall–Kier alpha value is -1.72. The van der Waals surface area contributed by atoms with E-state index in [0.717, 1.165) is 24.2 Å². The lowest BCUT2D eigenvalue weighted by Gasteiger charge is -2.19. The molecule has 1 heterocycles. The number of fused-ring (bicyclic) bond motifs is 3. The van der Waals surface area contributed by atoms with Gasteiger partial charge < -0.3 is 14.8 Å². The smallest absolute Gasteiger partial charge is 0.317 e. The van der Waals surface area contributed by atoms with Gasteiger partial charge in [-0.15, -0.1) is 0 Å². The van der Waals surface area contributed by atoms with Crippen LogP contribution in [0.25, 0.3) is 10.8 Å². The van der Waals surface area contributed by atoms with Gasteiger partial charge in [0.05, 0.1) is 0 Å². The SMILES string of the molecule is CCCNC(=O)N(C)CCc1cccc2ccc3c(c12)CC(C)(C)[S+]3[O-]. The highest BCUT2D eigenvalue weighted by Crippen LogP contribution is 2.43. The van der Waals surface area contributed by atoms with Crippen molar-refractivity contribution in [3.05, 3.63) is 41.5 Å². The van der Waals surface area contributed by atoms with Crippen LogP contribution in [0, 0.1) is 0 Å². The standard InChI is InChI=1S/C21H28N2O2S/c1-5-12-22-20(24)23(4)13-11-16-8-6-7-15-9-10-18-17(19(15)16)14-21(2,3)26(18)25/h6-10H,5,11-14H2,1-4H3,(H,22,24). The van der Waals surface area contributed by atoms with Crippen LogP contribution in [0.3, 0.4) is 0 Å². The third-order valence-electron chi connectivity index (χ3n) is 5.09. The van der Waals surface area contributed by atoms with Crippen molar-refractivity contribution in [3.8, 4) is 0 Å². The highest BCUT2D eigenvalue weighted by molar-refractivity contribution is 7.93. The van der Waals surface area contributed by atoms with E-state index in [0.29, 0.717) is 13.1 Å². The largest absolute Gasteiger partial charge is 0.611 e. The number of rotatable bonds is 5. The van der Waals surface area contributed by atoms with Crippen LogP contribution >= 0.6 is 0 Å². The molecule has 1 unspecified atom stereocenters. The zero-order chi connectivity index (χ0) is 18.9. The fourth-order valence-corrected chi connectivity index (χ4v) is 5.08. The van der Waals surface area contributed by atoms with Gasteiger partial charge in [0, 0.05) is 32.1 Å². The van der Waals surface area contributed by atoms with E-state index in [1.807, 2.05) is 20.0 Å². The molecule has 2 amide bonds. The molecule has 26 heavy (non-hydrogen) atoms. The van der Waals surface area contributed by atoms with Gasteiger partial charge in [-0.3, -0.25) is 0 Å². The number of nitrogens with one attached hydrogen (secondary N) is 1. The van der Waals surface area contributed by atoms with E-state index in [9.17, 15) is 9.35 Å². The molecule has 0 aromatic heterocycles. The lowest BCUT2D eigenvalue weighted by atomic mass is 9.92. The fourth-order valence-electron chi connectivity index (χ4n) is 3.62. The molecule has 0 spiro atoms. The maximum atomic E-state index is 12.8. The molecule has 5 heteroatoms. The molecule has 2 aromatic rings. The third kappa shape index (κ3) is 3.55. The Morgan fingerprint density at radius 3 is 2.81 bits per heavy atom. The Balaban J connectivity index is 1.87. The van der Waals surface area contributed by atoms with Crippen LogP contribution in [0.2, 0.25) is 0 Å². The average Bonchev–Trinajstić information content (AvgIpc) is 2.86. The maximum Gasteiger partial charge on any atom is 0.317 e. The molecule has 4 nitrogen and oxygen atoms in total. The Morgan fingerprint density at radius 2 is 2.08 bits per heavy atom. The summed E-state index contributed by atoms with van der Waals surface area (Å²) in [5.41, 5.74) is 2.45. The van der Waals surface area contributed by atoms with Gasteiger partial charge in [-0.05, 0) is 66.3 Å². The van der Waals surface area contributed by atoms with Crippen LogP contribution in [0.15, 0.2) is 35.2 Å². The van der Waals surface area contributed by atoms with Gasteiger partial charge in [-0.25, -0.2) is 4.79 Å². The lowest BCUT2D eigenvalue weighted by molar-refractivity contribution is 0.209. The van der Waals surface area contributed by atoms with Crippen LogP contribution in [-0.2, 0) is 24.0 Å². The van der Waals surface area contributed by atoms with Crippen molar-refractivity contribution in [1.29, 1.82) is 0 Å². The predicted molar refractivity (Wildman–Crippen MR) is 108 cm³/mol. The summed E-state index contributed by atoms with van der Waals surface area (Å²) in [7, 11) is 1.83. The van der Waals surface area contributed by atoms with Crippen LogP contribution < -0.4 is 5.32 Å². The van der Waals surface area contributed by atoms with Gasteiger partial charge in [0.1, 0.15) is 4.75 Å². The molecule has 1 N–H and O–H groups in total. The summed E-state index contributed by atoms with van der Waals surface area (Å²) >= 11 is -0.971. The van der Waals surface area contributed by atoms with Crippen molar-refractivity contribution in [2.75, 3.05) is 20.1 Å². The van der Waals surface area contributed by atoms with Crippen molar-refractivity contribution in [3.63, 3.8) is 0 Å². The van der Waals surface area contributed by atoms with Crippen molar-refractivity contribution >= 4 is 28.0 Å². The molecule has 0 bridgehead atoms. The van der Waals surface area contributed by atoms with Gasteiger partial charge in [-0.1, -0.05) is 25.1 Å². The van der Waals surface area contributed by atoms with Gasteiger partial charge >= 0.3 is 6.03 Å². The molecule has 1 atom stereocenters. The number of carbonyl (C=O) groups is 1. The summed E-state index contributed by atoms with van der Waals surface area (Å²) in [6.45, 7) is 7.55. The normalized spacial score (nSPS) is 18.0. The second-order valence-electron chi connectivity index (χ2n) is 7.67. The Morgan fingerprint density at radius 1 is 1.31 bits per heavy atom. The highest BCUT2D eigenvalue weighted by Gasteiger charge is 2.43. The fraction of sp³-hybridized carbons (Fsp3) is 0.476. The van der Waals surface area contributed by atoms with Gasteiger partial charge in [0.25, 0.3) is 0 Å². The number of urea groups is 1. The number of hydrogen-bond donors (Lipinski definition) is 1. The second-order valence-corrected chi connectivity index (χ2v) is 9.75. The van der Waals surface area contributed by atoms with Gasteiger partial charge in [0.15, 0.2) is 4.90 Å². The molecule has 1 aliphatic heterocycles. The minimum absolute atomic E-state index is 0.0282. The molecule has 3 rings (SSSR count). The molecule has 0 radical (unpaired) electrons. The first-order valence-electron chi connectivity index (χ1n) is 9.29. The topological polar surface area (TPSA) is 55.4 Å². The Labute approximate surface area is 159 Å². The first kappa shape index (κ1) is 19.1. The summed E-state index contributed by atoms with van der Waals surface area (Å²) < 4.78 is 12.6. The Bertz CT molecular complexity index is 819. The molecule has 1 aliphatic rings. The third-order valence-corrected chi connectivity index (χ3v) is 7.02. The summed E-state index contributed by atoms with van der Waals surface area (Å²) in [5, 5.41) is 5.33.